The van der Waals surface area contributed by atoms with E-state index in [4.69, 9.17) is 5.73 Å². The molecular weight excluding hydrogens is 329 g/mol. The molecule has 0 aromatic heterocycles. The molecule has 6 rings (SSSR count). The third kappa shape index (κ3) is 2.34. The molecule has 4 nitrogen and oxygen atoms in total. The van der Waals surface area contributed by atoms with Gasteiger partial charge in [-0.1, -0.05) is 36.4 Å². The minimum absolute atomic E-state index is 0.0435. The van der Waals surface area contributed by atoms with Gasteiger partial charge in [0.05, 0.1) is 6.04 Å². The Labute approximate surface area is 152 Å². The van der Waals surface area contributed by atoms with Crippen LogP contribution in [0.2, 0.25) is 0 Å². The van der Waals surface area contributed by atoms with Crippen LogP contribution in [0.5, 0.6) is 0 Å². The van der Waals surface area contributed by atoms with Crippen molar-refractivity contribution in [2.75, 3.05) is 6.54 Å². The molecule has 0 saturated heterocycles. The van der Waals surface area contributed by atoms with Gasteiger partial charge in [-0.05, 0) is 54.5 Å². The van der Waals surface area contributed by atoms with Crippen LogP contribution in [0.4, 0.5) is 9.18 Å². The zero-order valence-corrected chi connectivity index (χ0v) is 14.5. The Hall–Kier alpha value is -2.40. The van der Waals surface area contributed by atoms with E-state index in [1.165, 1.54) is 17.7 Å². The van der Waals surface area contributed by atoms with E-state index in [2.05, 4.69) is 17.4 Å². The second-order valence-corrected chi connectivity index (χ2v) is 8.20. The molecule has 0 spiro atoms. The lowest BCUT2D eigenvalue weighted by molar-refractivity contribution is -0.0718. The van der Waals surface area contributed by atoms with Crippen molar-refractivity contribution in [3.8, 4) is 0 Å². The first-order chi connectivity index (χ1) is 12.5. The number of benzene rings is 2. The summed E-state index contributed by atoms with van der Waals surface area (Å²) in [5, 5.41) is 3.23. The van der Waals surface area contributed by atoms with Crippen LogP contribution < -0.4 is 11.1 Å². The summed E-state index contributed by atoms with van der Waals surface area (Å²) in [6.45, 7) is 0.648. The molecule has 3 aliphatic carbocycles. The number of hydrogen-bond acceptors (Lipinski definition) is 2. The summed E-state index contributed by atoms with van der Waals surface area (Å²) in [5.41, 5.74) is 9.28. The van der Waals surface area contributed by atoms with E-state index in [1.54, 1.807) is 12.1 Å². The second kappa shape index (κ2) is 5.30. The number of halogens is 1. The lowest BCUT2D eigenvalue weighted by Gasteiger charge is -2.69. The molecular formula is C21H22FN3O. The molecule has 2 aromatic carbocycles. The van der Waals surface area contributed by atoms with E-state index >= 15 is 0 Å². The fraction of sp³-hybridized carbons (Fsp3) is 0.381. The summed E-state index contributed by atoms with van der Waals surface area (Å²) in [4.78, 5) is 15.0. The van der Waals surface area contributed by atoms with Gasteiger partial charge in [0, 0.05) is 17.6 Å². The Bertz CT molecular complexity index is 859. The van der Waals surface area contributed by atoms with Gasteiger partial charge in [-0.15, -0.1) is 0 Å². The Morgan fingerprint density at radius 2 is 1.81 bits per heavy atom. The van der Waals surface area contributed by atoms with Crippen LogP contribution in [-0.4, -0.2) is 28.6 Å². The Balaban J connectivity index is 1.47. The molecule has 2 bridgehead atoms. The number of rotatable bonds is 2. The maximum absolute atomic E-state index is 13.4. The summed E-state index contributed by atoms with van der Waals surface area (Å²) < 4.78 is 13.4. The van der Waals surface area contributed by atoms with Crippen molar-refractivity contribution in [1.29, 1.82) is 0 Å². The fourth-order valence-electron chi connectivity index (χ4n) is 5.09. The van der Waals surface area contributed by atoms with Crippen molar-refractivity contribution in [2.24, 2.45) is 5.73 Å². The number of nitrogens with two attached hydrogens (primary N) is 1. The van der Waals surface area contributed by atoms with Crippen molar-refractivity contribution < 1.29 is 9.18 Å². The van der Waals surface area contributed by atoms with Gasteiger partial charge >= 0.3 is 6.03 Å². The number of fused-ring (bicyclic) bond motifs is 1. The van der Waals surface area contributed by atoms with Crippen molar-refractivity contribution >= 4 is 6.03 Å². The van der Waals surface area contributed by atoms with Gasteiger partial charge in [-0.3, -0.25) is 0 Å². The minimum atomic E-state index is -0.268. The van der Waals surface area contributed by atoms with Crippen LogP contribution in [0.3, 0.4) is 0 Å². The molecule has 3 saturated carbocycles. The van der Waals surface area contributed by atoms with Gasteiger partial charge in [-0.2, -0.15) is 0 Å². The molecule has 1 heterocycles. The van der Waals surface area contributed by atoms with Gasteiger partial charge in [0.25, 0.3) is 0 Å². The normalized spacial score (nSPS) is 31.5. The number of amides is 2. The Kier molecular flexibility index (Phi) is 3.23. The summed E-state index contributed by atoms with van der Waals surface area (Å²) >= 11 is 0. The van der Waals surface area contributed by atoms with Gasteiger partial charge in [0.2, 0.25) is 0 Å². The SMILES string of the molecule is NC12CC(NC(=O)N3CCc4ccccc4[C@@H]3c3ccc(F)cc3)(C1)C2. The molecule has 0 radical (unpaired) electrons. The Morgan fingerprint density at radius 1 is 1.12 bits per heavy atom. The van der Waals surface area contributed by atoms with Crippen LogP contribution in [0, 0.1) is 5.82 Å². The van der Waals surface area contributed by atoms with Crippen LogP contribution in [-0.2, 0) is 6.42 Å². The summed E-state index contributed by atoms with van der Waals surface area (Å²) in [6, 6.07) is 14.4. The average molecular weight is 351 g/mol. The lowest BCUT2D eigenvalue weighted by atomic mass is 9.44. The first-order valence-corrected chi connectivity index (χ1v) is 9.18. The summed E-state index contributed by atoms with van der Waals surface area (Å²) in [7, 11) is 0. The molecule has 3 N–H and O–H groups in total. The second-order valence-electron chi connectivity index (χ2n) is 8.20. The third-order valence-electron chi connectivity index (χ3n) is 6.17. The highest BCUT2D eigenvalue weighted by Gasteiger charge is 2.66. The van der Waals surface area contributed by atoms with Crippen LogP contribution in [0.25, 0.3) is 0 Å². The van der Waals surface area contributed by atoms with E-state index in [-0.39, 0.29) is 29.0 Å². The molecule has 3 fully saturated rings. The molecule has 1 aliphatic heterocycles. The van der Waals surface area contributed by atoms with Crippen LogP contribution in [0.1, 0.15) is 42.0 Å². The molecule has 26 heavy (non-hydrogen) atoms. The van der Waals surface area contributed by atoms with Crippen LogP contribution in [0.15, 0.2) is 48.5 Å². The number of hydrogen-bond donors (Lipinski definition) is 2. The van der Waals surface area contributed by atoms with Crippen molar-refractivity contribution in [3.63, 3.8) is 0 Å². The number of nitrogens with zero attached hydrogens (tertiary/aromatic N) is 1. The summed E-state index contributed by atoms with van der Waals surface area (Å²) in [5.74, 6) is -0.268. The maximum atomic E-state index is 13.4. The molecule has 5 heteroatoms. The molecule has 1 atom stereocenters. The van der Waals surface area contributed by atoms with Crippen molar-refractivity contribution in [2.45, 2.75) is 42.8 Å². The minimum Gasteiger partial charge on any atom is -0.332 e. The van der Waals surface area contributed by atoms with Crippen LogP contribution >= 0.6 is 0 Å². The number of urea groups is 1. The fourth-order valence-corrected chi connectivity index (χ4v) is 5.09. The number of carbonyl (C=O) groups excluding carboxylic acids is 1. The quantitative estimate of drug-likeness (QED) is 0.873. The highest BCUT2D eigenvalue weighted by Crippen LogP contribution is 2.58. The van der Waals surface area contributed by atoms with E-state index in [1.807, 2.05) is 17.0 Å². The molecule has 0 unspecified atom stereocenters. The van der Waals surface area contributed by atoms with Gasteiger partial charge < -0.3 is 16.0 Å². The van der Waals surface area contributed by atoms with Gasteiger partial charge in [-0.25, -0.2) is 9.18 Å². The lowest BCUT2D eigenvalue weighted by Crippen LogP contribution is -2.82. The topological polar surface area (TPSA) is 58.4 Å². The first-order valence-electron chi connectivity index (χ1n) is 9.18. The predicted octanol–water partition coefficient (Wildman–Crippen LogP) is 3.12. The smallest absolute Gasteiger partial charge is 0.318 e. The van der Waals surface area contributed by atoms with Crippen molar-refractivity contribution in [1.82, 2.24) is 10.2 Å². The van der Waals surface area contributed by atoms with E-state index in [0.717, 1.165) is 36.8 Å². The zero-order valence-electron chi connectivity index (χ0n) is 14.5. The van der Waals surface area contributed by atoms with Crippen molar-refractivity contribution in [3.05, 3.63) is 71.0 Å². The zero-order chi connectivity index (χ0) is 17.9. The maximum Gasteiger partial charge on any atom is 0.318 e. The molecule has 4 aliphatic rings. The van der Waals surface area contributed by atoms with Gasteiger partial charge in [0.1, 0.15) is 5.82 Å². The van der Waals surface area contributed by atoms with E-state index < -0.39 is 0 Å². The monoisotopic (exact) mass is 351 g/mol. The van der Waals surface area contributed by atoms with E-state index in [9.17, 15) is 9.18 Å². The van der Waals surface area contributed by atoms with Gasteiger partial charge in [0.15, 0.2) is 0 Å². The molecule has 2 aromatic rings. The first kappa shape index (κ1) is 15.8. The predicted molar refractivity (Wildman–Crippen MR) is 97.1 cm³/mol. The molecule has 134 valence electrons. The highest BCUT2D eigenvalue weighted by molar-refractivity contribution is 5.77. The van der Waals surface area contributed by atoms with E-state index in [0.29, 0.717) is 6.54 Å². The highest BCUT2D eigenvalue weighted by atomic mass is 19.1. The Morgan fingerprint density at radius 3 is 2.50 bits per heavy atom. The standard InChI is InChI=1S/C21H22FN3O/c22-16-7-5-15(6-8-16)18-17-4-2-1-3-14(17)9-10-25(18)19(26)24-21-11-20(23,12-21)13-21/h1-8,18H,9-13,23H2,(H,24,26)/t18-,20?,21?/m0/s1. The number of nitrogens with one attached hydrogen (secondary N) is 1. The molecule has 2 amide bonds. The third-order valence-corrected chi connectivity index (χ3v) is 6.17. The summed E-state index contributed by atoms with van der Waals surface area (Å²) in [6.07, 6.45) is 3.45. The average Bonchev–Trinajstić information content (AvgIpc) is 2.59. The largest absolute Gasteiger partial charge is 0.332 e. The number of carbonyl (C=O) groups is 1.